The van der Waals surface area contributed by atoms with Crippen molar-refractivity contribution in [1.29, 1.82) is 0 Å². The summed E-state index contributed by atoms with van der Waals surface area (Å²) < 4.78 is 5.43. The van der Waals surface area contributed by atoms with Gasteiger partial charge in [-0.25, -0.2) is 5.84 Å². The molecule has 106 valence electrons. The molecule has 2 rings (SSSR count). The molecule has 1 atom stereocenters. The number of nitrogens with one attached hydrogen (secondary N) is 1. The maximum Gasteiger partial charge on any atom is 0.268 e. The highest BCUT2D eigenvalue weighted by atomic mass is 16.3. The Hall–Kier alpha value is -1.33. The predicted octanol–water partition coefficient (Wildman–Crippen LogP) is 1.90. The van der Waals surface area contributed by atoms with Crippen LogP contribution in [0.2, 0.25) is 0 Å². The van der Waals surface area contributed by atoms with Crippen molar-refractivity contribution >= 4 is 5.91 Å². The Kier molecular flexibility index (Phi) is 4.99. The normalized spacial score (nSPS) is 21.1. The second-order valence-electron chi connectivity index (χ2n) is 5.21. The van der Waals surface area contributed by atoms with Crippen LogP contribution in [0.25, 0.3) is 0 Å². The third-order valence-electron chi connectivity index (χ3n) is 4.01. The van der Waals surface area contributed by atoms with Crippen LogP contribution in [-0.4, -0.2) is 23.9 Å². The van der Waals surface area contributed by atoms with E-state index in [1.54, 1.807) is 12.3 Å². The fourth-order valence-electron chi connectivity index (χ4n) is 2.74. The molecule has 1 aliphatic heterocycles. The summed E-state index contributed by atoms with van der Waals surface area (Å²) in [5.41, 5.74) is 2.70. The molecule has 5 nitrogen and oxygen atoms in total. The van der Waals surface area contributed by atoms with Crippen molar-refractivity contribution in [3.63, 3.8) is 0 Å². The number of carbonyl (C=O) groups excluding carboxylic acids is 1. The van der Waals surface area contributed by atoms with Crippen molar-refractivity contribution in [3.8, 4) is 0 Å². The summed E-state index contributed by atoms with van der Waals surface area (Å²) in [5, 5.41) is 0. The number of amides is 1. The molecule has 0 saturated carbocycles. The maximum absolute atomic E-state index is 11.6. The fourth-order valence-corrected chi connectivity index (χ4v) is 2.74. The Morgan fingerprint density at radius 1 is 1.53 bits per heavy atom. The Labute approximate surface area is 114 Å². The van der Waals surface area contributed by atoms with Crippen molar-refractivity contribution in [2.24, 2.45) is 11.8 Å². The molecule has 1 saturated heterocycles. The fraction of sp³-hybridized carbons (Fsp3) is 0.643. The van der Waals surface area contributed by atoms with Crippen LogP contribution in [0.5, 0.6) is 0 Å². The summed E-state index contributed by atoms with van der Waals surface area (Å²) in [4.78, 5) is 14.0. The topological polar surface area (TPSA) is 71.5 Å². The van der Waals surface area contributed by atoms with Gasteiger partial charge in [-0.3, -0.25) is 15.1 Å². The van der Waals surface area contributed by atoms with Gasteiger partial charge in [-0.05, 0) is 44.3 Å². The lowest BCUT2D eigenvalue weighted by Gasteiger charge is -2.19. The molecule has 0 bridgehead atoms. The molecule has 0 aliphatic carbocycles. The van der Waals surface area contributed by atoms with Crippen LogP contribution in [0.3, 0.4) is 0 Å². The van der Waals surface area contributed by atoms with Crippen LogP contribution >= 0.6 is 0 Å². The number of furan rings is 1. The van der Waals surface area contributed by atoms with E-state index in [1.165, 1.54) is 25.7 Å². The summed E-state index contributed by atoms with van der Waals surface area (Å²) >= 11 is 0. The van der Waals surface area contributed by atoms with E-state index < -0.39 is 0 Å². The zero-order chi connectivity index (χ0) is 13.7. The van der Waals surface area contributed by atoms with Gasteiger partial charge >= 0.3 is 0 Å². The van der Waals surface area contributed by atoms with Crippen LogP contribution < -0.4 is 11.3 Å². The maximum atomic E-state index is 11.6. The smallest absolute Gasteiger partial charge is 0.268 e. The molecule has 1 amide bonds. The van der Waals surface area contributed by atoms with Crippen LogP contribution in [0.15, 0.2) is 16.7 Å². The van der Waals surface area contributed by atoms with E-state index in [1.807, 2.05) is 0 Å². The van der Waals surface area contributed by atoms with E-state index in [4.69, 9.17) is 10.3 Å². The van der Waals surface area contributed by atoms with Gasteiger partial charge in [0.2, 0.25) is 0 Å². The third kappa shape index (κ3) is 3.58. The van der Waals surface area contributed by atoms with Gasteiger partial charge in [0.05, 0.1) is 18.4 Å². The van der Waals surface area contributed by atoms with Gasteiger partial charge < -0.3 is 4.42 Å². The average Bonchev–Trinajstić information content (AvgIpc) is 2.76. The number of nitrogens with zero attached hydrogens (tertiary/aromatic N) is 1. The Morgan fingerprint density at radius 2 is 2.37 bits per heavy atom. The summed E-state index contributed by atoms with van der Waals surface area (Å²) in [6, 6.07) is 1.67. The molecule has 1 aliphatic rings. The number of rotatable bonds is 4. The van der Waals surface area contributed by atoms with E-state index in [9.17, 15) is 4.79 Å². The number of nitrogens with two attached hydrogens (primary N) is 1. The van der Waals surface area contributed by atoms with Gasteiger partial charge in [0.1, 0.15) is 5.76 Å². The lowest BCUT2D eigenvalue weighted by molar-refractivity contribution is 0.0950. The second kappa shape index (κ2) is 6.73. The van der Waals surface area contributed by atoms with E-state index in [0.717, 1.165) is 19.0 Å². The lowest BCUT2D eigenvalue weighted by Crippen LogP contribution is -2.31. The van der Waals surface area contributed by atoms with Crippen molar-refractivity contribution in [3.05, 3.63) is 23.7 Å². The molecule has 5 heteroatoms. The summed E-state index contributed by atoms with van der Waals surface area (Å²) in [7, 11) is 0. The highest BCUT2D eigenvalue weighted by Crippen LogP contribution is 2.22. The summed E-state index contributed by atoms with van der Waals surface area (Å²) in [6.45, 7) is 5.09. The minimum absolute atomic E-state index is 0.287. The van der Waals surface area contributed by atoms with Crippen LogP contribution in [0, 0.1) is 5.92 Å². The minimum atomic E-state index is -0.287. The van der Waals surface area contributed by atoms with Crippen LogP contribution in [-0.2, 0) is 6.54 Å². The van der Waals surface area contributed by atoms with E-state index in [2.05, 4.69) is 17.2 Å². The van der Waals surface area contributed by atoms with Gasteiger partial charge in [-0.2, -0.15) is 0 Å². The quantitative estimate of drug-likeness (QED) is 0.495. The highest BCUT2D eigenvalue weighted by Gasteiger charge is 2.20. The first-order valence-corrected chi connectivity index (χ1v) is 7.04. The molecule has 3 N–H and O–H groups in total. The molecular weight excluding hydrogens is 242 g/mol. The van der Waals surface area contributed by atoms with Crippen molar-refractivity contribution < 1.29 is 9.21 Å². The van der Waals surface area contributed by atoms with Crippen LogP contribution in [0.4, 0.5) is 0 Å². The SMILES string of the molecule is CCC1CCCN(Cc2occc2C(=O)NN)CC1. The largest absolute Gasteiger partial charge is 0.467 e. The van der Waals surface area contributed by atoms with Gasteiger partial charge in [0, 0.05) is 0 Å². The first-order valence-electron chi connectivity index (χ1n) is 7.04. The van der Waals surface area contributed by atoms with Gasteiger partial charge in [0.25, 0.3) is 5.91 Å². The molecule has 1 aromatic rings. The van der Waals surface area contributed by atoms with Gasteiger partial charge in [-0.15, -0.1) is 0 Å². The number of carbonyl (C=O) groups is 1. The monoisotopic (exact) mass is 265 g/mol. The van der Waals surface area contributed by atoms with Crippen molar-refractivity contribution in [1.82, 2.24) is 10.3 Å². The van der Waals surface area contributed by atoms with Crippen molar-refractivity contribution in [2.75, 3.05) is 13.1 Å². The molecule has 1 unspecified atom stereocenters. The van der Waals surface area contributed by atoms with Gasteiger partial charge in [0.15, 0.2) is 0 Å². The molecule has 0 radical (unpaired) electrons. The zero-order valence-electron chi connectivity index (χ0n) is 11.5. The molecule has 1 fully saturated rings. The summed E-state index contributed by atoms with van der Waals surface area (Å²) in [6.07, 6.45) is 6.57. The molecule has 0 aromatic carbocycles. The Balaban J connectivity index is 1.97. The number of hydrogen-bond donors (Lipinski definition) is 2. The number of hydrazine groups is 1. The Morgan fingerprint density at radius 3 is 3.11 bits per heavy atom. The molecule has 19 heavy (non-hydrogen) atoms. The molecule has 1 aromatic heterocycles. The van der Waals surface area contributed by atoms with E-state index in [0.29, 0.717) is 17.9 Å². The zero-order valence-corrected chi connectivity index (χ0v) is 11.5. The van der Waals surface area contributed by atoms with Crippen molar-refractivity contribution in [2.45, 2.75) is 39.2 Å². The first-order chi connectivity index (χ1) is 9.24. The van der Waals surface area contributed by atoms with E-state index in [-0.39, 0.29) is 5.91 Å². The first kappa shape index (κ1) is 14.1. The van der Waals surface area contributed by atoms with Crippen LogP contribution in [0.1, 0.15) is 48.7 Å². The standard InChI is InChI=1S/C14H23N3O2/c1-2-11-4-3-7-17(8-5-11)10-13-12(6-9-19-13)14(18)16-15/h6,9,11H,2-5,7-8,10,15H2,1H3,(H,16,18). The predicted molar refractivity (Wildman–Crippen MR) is 73.3 cm³/mol. The molecular formula is C14H23N3O2. The lowest BCUT2D eigenvalue weighted by atomic mass is 9.98. The second-order valence-corrected chi connectivity index (χ2v) is 5.21. The number of likely N-dealkylation sites (tertiary alicyclic amines) is 1. The highest BCUT2D eigenvalue weighted by molar-refractivity contribution is 5.94. The third-order valence-corrected chi connectivity index (χ3v) is 4.01. The van der Waals surface area contributed by atoms with Gasteiger partial charge in [-0.1, -0.05) is 13.3 Å². The molecule has 0 spiro atoms. The Bertz CT molecular complexity index is 417. The minimum Gasteiger partial charge on any atom is -0.467 e. The summed E-state index contributed by atoms with van der Waals surface area (Å²) in [5.74, 6) is 6.43. The van der Waals surface area contributed by atoms with E-state index >= 15 is 0 Å². The number of hydrogen-bond acceptors (Lipinski definition) is 4. The number of nitrogen functional groups attached to an aromatic ring is 1. The average molecular weight is 265 g/mol. The molecule has 2 heterocycles.